The average Bonchev–Trinajstić information content (AvgIpc) is 3.39. The Bertz CT molecular complexity index is 1030. The van der Waals surface area contributed by atoms with Crippen LogP contribution in [-0.4, -0.2) is 38.0 Å². The van der Waals surface area contributed by atoms with Crippen LogP contribution in [0.25, 0.3) is 0 Å². The van der Waals surface area contributed by atoms with Gasteiger partial charge in [0.05, 0.1) is 11.8 Å². The number of amides is 1. The molecule has 0 aromatic heterocycles. The maximum absolute atomic E-state index is 11.9. The van der Waals surface area contributed by atoms with Crippen molar-refractivity contribution < 1.29 is 19.0 Å². The van der Waals surface area contributed by atoms with E-state index in [0.29, 0.717) is 18.9 Å². The Morgan fingerprint density at radius 2 is 1.70 bits per heavy atom. The molecular weight excluding hydrogens is 416 g/mol. The van der Waals surface area contributed by atoms with Crippen molar-refractivity contribution in [2.45, 2.75) is 25.6 Å². The van der Waals surface area contributed by atoms with Crippen LogP contribution in [0.2, 0.25) is 0 Å². The third-order valence-corrected chi connectivity index (χ3v) is 5.25. The summed E-state index contributed by atoms with van der Waals surface area (Å²) in [6, 6.07) is 25.2. The predicted octanol–water partition coefficient (Wildman–Crippen LogP) is 4.69. The van der Waals surface area contributed by atoms with Crippen LogP contribution in [-0.2, 0) is 16.1 Å². The number of carbonyl (C=O) groups excluding carboxylic acids is 1. The van der Waals surface area contributed by atoms with Crippen LogP contribution >= 0.6 is 0 Å². The largest absolute Gasteiger partial charge is 0.489 e. The van der Waals surface area contributed by atoms with Crippen LogP contribution in [0.3, 0.4) is 0 Å². The molecule has 0 aliphatic carbocycles. The molecular formula is C27H28N2O4. The Hall–Kier alpha value is -3.64. The number of aliphatic imine (C=N–C) groups is 1. The molecule has 0 saturated carbocycles. The van der Waals surface area contributed by atoms with Gasteiger partial charge in [-0.05, 0) is 72.5 Å². The molecule has 1 atom stereocenters. The molecule has 0 bridgehead atoms. The molecule has 1 heterocycles. The molecule has 1 aliphatic rings. The van der Waals surface area contributed by atoms with E-state index in [4.69, 9.17) is 14.2 Å². The summed E-state index contributed by atoms with van der Waals surface area (Å²) in [5, 5.41) is 2.85. The van der Waals surface area contributed by atoms with Crippen molar-refractivity contribution in [3.8, 4) is 11.5 Å². The van der Waals surface area contributed by atoms with Crippen LogP contribution in [0.1, 0.15) is 24.0 Å². The van der Waals surface area contributed by atoms with Gasteiger partial charge in [-0.15, -0.1) is 0 Å². The summed E-state index contributed by atoms with van der Waals surface area (Å²) >= 11 is 0. The highest BCUT2D eigenvalue weighted by Crippen LogP contribution is 2.19. The topological polar surface area (TPSA) is 69.2 Å². The minimum Gasteiger partial charge on any atom is -0.489 e. The molecule has 170 valence electrons. The minimum atomic E-state index is -0.146. The van der Waals surface area contributed by atoms with Gasteiger partial charge in [0.2, 0.25) is 0 Å². The van der Waals surface area contributed by atoms with E-state index >= 15 is 0 Å². The van der Waals surface area contributed by atoms with Crippen molar-refractivity contribution in [3.63, 3.8) is 0 Å². The first kappa shape index (κ1) is 22.6. The highest BCUT2D eigenvalue weighted by atomic mass is 16.5. The Kier molecular flexibility index (Phi) is 8.08. The van der Waals surface area contributed by atoms with Crippen molar-refractivity contribution in [2.75, 3.05) is 19.8 Å². The van der Waals surface area contributed by atoms with Crippen LogP contribution in [0, 0.1) is 0 Å². The average molecular weight is 445 g/mol. The Labute approximate surface area is 194 Å². The molecule has 0 unspecified atom stereocenters. The lowest BCUT2D eigenvalue weighted by atomic mass is 10.2. The fourth-order valence-electron chi connectivity index (χ4n) is 3.40. The predicted molar refractivity (Wildman–Crippen MR) is 128 cm³/mol. The van der Waals surface area contributed by atoms with Gasteiger partial charge in [0.15, 0.2) is 6.61 Å². The SMILES string of the molecule is O=C(COc1ccc(C=Nc2ccc(OCc3ccccc3)cc2)cc1)NC[C@@H]1CCCO1. The minimum absolute atomic E-state index is 0.0150. The standard InChI is InChI=1S/C27H28N2O4/c30-27(29-18-26-7-4-16-31-26)20-33-24-12-8-21(9-13-24)17-28-23-10-14-25(15-11-23)32-19-22-5-2-1-3-6-22/h1-3,5-6,8-15,17,26H,4,7,16,18-20H2,(H,29,30)/t26-/m0/s1. The number of benzene rings is 3. The van der Waals surface area contributed by atoms with E-state index in [1.165, 1.54) is 0 Å². The van der Waals surface area contributed by atoms with Crippen molar-refractivity contribution in [2.24, 2.45) is 4.99 Å². The molecule has 6 heteroatoms. The van der Waals surface area contributed by atoms with E-state index in [0.717, 1.165) is 42.0 Å². The van der Waals surface area contributed by atoms with E-state index < -0.39 is 0 Å². The first-order valence-electron chi connectivity index (χ1n) is 11.2. The fourth-order valence-corrected chi connectivity index (χ4v) is 3.40. The zero-order valence-corrected chi connectivity index (χ0v) is 18.5. The molecule has 33 heavy (non-hydrogen) atoms. The Morgan fingerprint density at radius 1 is 0.970 bits per heavy atom. The molecule has 3 aromatic rings. The lowest BCUT2D eigenvalue weighted by molar-refractivity contribution is -0.123. The monoisotopic (exact) mass is 444 g/mol. The van der Waals surface area contributed by atoms with Gasteiger partial charge < -0.3 is 19.5 Å². The van der Waals surface area contributed by atoms with E-state index in [1.54, 1.807) is 6.21 Å². The number of hydrogen-bond acceptors (Lipinski definition) is 5. The quantitative estimate of drug-likeness (QED) is 0.461. The molecule has 1 aliphatic heterocycles. The first-order valence-corrected chi connectivity index (χ1v) is 11.2. The summed E-state index contributed by atoms with van der Waals surface area (Å²) in [7, 11) is 0. The number of carbonyl (C=O) groups is 1. The Morgan fingerprint density at radius 3 is 2.42 bits per heavy atom. The molecule has 0 radical (unpaired) electrons. The van der Waals surface area contributed by atoms with Crippen molar-refractivity contribution >= 4 is 17.8 Å². The van der Waals surface area contributed by atoms with Crippen molar-refractivity contribution in [3.05, 3.63) is 90.0 Å². The van der Waals surface area contributed by atoms with Crippen LogP contribution in [0.4, 0.5) is 5.69 Å². The number of nitrogens with one attached hydrogen (secondary N) is 1. The van der Waals surface area contributed by atoms with Gasteiger partial charge in [0.1, 0.15) is 18.1 Å². The molecule has 1 fully saturated rings. The highest BCUT2D eigenvalue weighted by molar-refractivity contribution is 5.82. The summed E-state index contributed by atoms with van der Waals surface area (Å²) in [4.78, 5) is 16.4. The highest BCUT2D eigenvalue weighted by Gasteiger charge is 2.16. The summed E-state index contributed by atoms with van der Waals surface area (Å²) in [5.41, 5.74) is 2.91. The number of nitrogens with zero attached hydrogens (tertiary/aromatic N) is 1. The maximum atomic E-state index is 11.9. The van der Waals surface area contributed by atoms with Crippen molar-refractivity contribution in [1.82, 2.24) is 5.32 Å². The second-order valence-electron chi connectivity index (χ2n) is 7.82. The number of ether oxygens (including phenoxy) is 3. The van der Waals surface area contributed by atoms with Gasteiger partial charge in [-0.2, -0.15) is 0 Å². The molecule has 1 amide bonds. The van der Waals surface area contributed by atoms with Crippen LogP contribution < -0.4 is 14.8 Å². The number of hydrogen-bond donors (Lipinski definition) is 1. The van der Waals surface area contributed by atoms with Gasteiger partial charge in [0.25, 0.3) is 5.91 Å². The summed E-state index contributed by atoms with van der Waals surface area (Å²) in [5.74, 6) is 1.30. The van der Waals surface area contributed by atoms with Gasteiger partial charge in [-0.1, -0.05) is 30.3 Å². The van der Waals surface area contributed by atoms with Gasteiger partial charge in [-0.3, -0.25) is 9.79 Å². The van der Waals surface area contributed by atoms with Gasteiger partial charge >= 0.3 is 0 Å². The first-order chi connectivity index (χ1) is 16.2. The second-order valence-corrected chi connectivity index (χ2v) is 7.82. The maximum Gasteiger partial charge on any atom is 0.258 e. The molecule has 1 saturated heterocycles. The summed E-state index contributed by atoms with van der Waals surface area (Å²) in [6.45, 7) is 1.84. The van der Waals surface area contributed by atoms with E-state index in [-0.39, 0.29) is 18.6 Å². The molecule has 3 aromatic carbocycles. The van der Waals surface area contributed by atoms with Crippen molar-refractivity contribution in [1.29, 1.82) is 0 Å². The van der Waals surface area contributed by atoms with Gasteiger partial charge in [0, 0.05) is 19.4 Å². The zero-order valence-electron chi connectivity index (χ0n) is 18.5. The third kappa shape index (κ3) is 7.47. The Balaban J connectivity index is 1.20. The van der Waals surface area contributed by atoms with E-state index in [2.05, 4.69) is 10.3 Å². The summed E-state index contributed by atoms with van der Waals surface area (Å²) in [6.07, 6.45) is 3.97. The lowest BCUT2D eigenvalue weighted by Gasteiger charge is -2.11. The second kappa shape index (κ2) is 11.8. The normalized spacial score (nSPS) is 15.5. The third-order valence-electron chi connectivity index (χ3n) is 5.25. The molecule has 1 N–H and O–H groups in total. The molecule has 6 nitrogen and oxygen atoms in total. The fraction of sp³-hybridized carbons (Fsp3) is 0.259. The lowest BCUT2D eigenvalue weighted by Crippen LogP contribution is -2.35. The van der Waals surface area contributed by atoms with E-state index in [9.17, 15) is 4.79 Å². The molecule has 0 spiro atoms. The summed E-state index contributed by atoms with van der Waals surface area (Å²) < 4.78 is 16.9. The zero-order chi connectivity index (χ0) is 22.7. The number of rotatable bonds is 10. The van der Waals surface area contributed by atoms with Crippen LogP contribution in [0.5, 0.6) is 11.5 Å². The van der Waals surface area contributed by atoms with Gasteiger partial charge in [-0.25, -0.2) is 0 Å². The van der Waals surface area contributed by atoms with E-state index in [1.807, 2.05) is 78.9 Å². The van der Waals surface area contributed by atoms with Crippen LogP contribution in [0.15, 0.2) is 83.9 Å². The molecule has 4 rings (SSSR count). The smallest absolute Gasteiger partial charge is 0.258 e.